The van der Waals surface area contributed by atoms with Gasteiger partial charge >= 0.3 is 0 Å². The van der Waals surface area contributed by atoms with E-state index in [1.165, 1.54) is 0 Å². The van der Waals surface area contributed by atoms with E-state index in [-0.39, 0.29) is 0 Å². The van der Waals surface area contributed by atoms with Crippen LogP contribution in [0.3, 0.4) is 0 Å². The van der Waals surface area contributed by atoms with Gasteiger partial charge in [-0.15, -0.1) is 0 Å². The third kappa shape index (κ3) is 3.38. The predicted octanol–water partition coefficient (Wildman–Crippen LogP) is 1.26. The number of hydrogen-bond acceptors (Lipinski definition) is 4. The van der Waals surface area contributed by atoms with Gasteiger partial charge in [0, 0.05) is 35.6 Å². The fourth-order valence-corrected chi connectivity index (χ4v) is 1.48. The van der Waals surface area contributed by atoms with Crippen molar-refractivity contribution in [2.45, 2.75) is 13.3 Å². The minimum absolute atomic E-state index is 0.634. The lowest BCUT2D eigenvalue weighted by atomic mass is 10.4. The molecule has 0 aliphatic rings. The van der Waals surface area contributed by atoms with Gasteiger partial charge in [0.15, 0.2) is 0 Å². The molecule has 0 aliphatic carbocycles. The molecule has 1 heterocycles. The van der Waals surface area contributed by atoms with E-state index in [4.69, 9.17) is 5.73 Å². The van der Waals surface area contributed by atoms with Gasteiger partial charge in [-0.1, -0.05) is 6.92 Å². The maximum atomic E-state index is 5.53. The van der Waals surface area contributed by atoms with E-state index in [1.807, 2.05) is 12.4 Å². The van der Waals surface area contributed by atoms with Crippen molar-refractivity contribution in [3.63, 3.8) is 0 Å². The highest BCUT2D eigenvalue weighted by Crippen LogP contribution is 2.08. The molecule has 0 aliphatic heterocycles. The van der Waals surface area contributed by atoms with E-state index >= 15 is 0 Å². The standard InChI is InChI=1S/C9H15IN4/c1-2-4-14(5-3-11)9-12-6-8(10)7-13-9/h6-7H,2-5,11H2,1H3. The summed E-state index contributed by atoms with van der Waals surface area (Å²) in [5, 5.41) is 0. The van der Waals surface area contributed by atoms with Crippen molar-refractivity contribution in [1.82, 2.24) is 9.97 Å². The van der Waals surface area contributed by atoms with Crippen LogP contribution in [0.2, 0.25) is 0 Å². The third-order valence-electron chi connectivity index (χ3n) is 1.78. The summed E-state index contributed by atoms with van der Waals surface area (Å²) in [7, 11) is 0. The van der Waals surface area contributed by atoms with Crippen LogP contribution in [0.5, 0.6) is 0 Å². The van der Waals surface area contributed by atoms with Crippen LogP contribution in [0.15, 0.2) is 12.4 Å². The summed E-state index contributed by atoms with van der Waals surface area (Å²) in [6.07, 6.45) is 4.72. The van der Waals surface area contributed by atoms with Crippen molar-refractivity contribution in [3.05, 3.63) is 16.0 Å². The van der Waals surface area contributed by atoms with Crippen LogP contribution in [0.25, 0.3) is 0 Å². The normalized spacial score (nSPS) is 10.2. The Morgan fingerprint density at radius 2 is 2.00 bits per heavy atom. The van der Waals surface area contributed by atoms with Gasteiger partial charge in [-0.25, -0.2) is 9.97 Å². The highest BCUT2D eigenvalue weighted by molar-refractivity contribution is 14.1. The van der Waals surface area contributed by atoms with Gasteiger partial charge in [0.05, 0.1) is 0 Å². The van der Waals surface area contributed by atoms with Gasteiger partial charge in [0.1, 0.15) is 0 Å². The summed E-state index contributed by atoms with van der Waals surface area (Å²) in [4.78, 5) is 10.6. The first-order valence-electron chi connectivity index (χ1n) is 4.70. The molecule has 0 aromatic carbocycles. The van der Waals surface area contributed by atoms with Crippen molar-refractivity contribution in [2.24, 2.45) is 5.73 Å². The number of hydrogen-bond donors (Lipinski definition) is 1. The summed E-state index contributed by atoms with van der Waals surface area (Å²) in [5.41, 5.74) is 5.53. The second-order valence-corrected chi connectivity index (χ2v) is 4.22. The van der Waals surface area contributed by atoms with Gasteiger partial charge in [-0.05, 0) is 29.0 Å². The van der Waals surface area contributed by atoms with E-state index in [1.54, 1.807) is 0 Å². The average Bonchev–Trinajstić information content (AvgIpc) is 2.19. The molecule has 0 spiro atoms. The molecule has 0 saturated carbocycles. The van der Waals surface area contributed by atoms with Crippen molar-refractivity contribution < 1.29 is 0 Å². The van der Waals surface area contributed by atoms with Crippen molar-refractivity contribution in [3.8, 4) is 0 Å². The minimum atomic E-state index is 0.634. The van der Waals surface area contributed by atoms with Crippen molar-refractivity contribution >= 4 is 28.5 Å². The summed E-state index contributed by atoms with van der Waals surface area (Å²) in [5.74, 6) is 0.776. The fourth-order valence-electron chi connectivity index (χ4n) is 1.21. The van der Waals surface area contributed by atoms with Crippen LogP contribution < -0.4 is 10.6 Å². The molecule has 14 heavy (non-hydrogen) atoms. The largest absolute Gasteiger partial charge is 0.340 e. The monoisotopic (exact) mass is 306 g/mol. The first-order valence-corrected chi connectivity index (χ1v) is 5.78. The lowest BCUT2D eigenvalue weighted by Gasteiger charge is -2.20. The van der Waals surface area contributed by atoms with Gasteiger partial charge in [0.2, 0.25) is 5.95 Å². The molecule has 0 amide bonds. The average molecular weight is 306 g/mol. The topological polar surface area (TPSA) is 55.0 Å². The molecule has 0 bridgehead atoms. The van der Waals surface area contributed by atoms with Crippen LogP contribution in [-0.2, 0) is 0 Å². The molecule has 1 aromatic rings. The molecular weight excluding hydrogens is 291 g/mol. The molecule has 0 fully saturated rings. The molecule has 78 valence electrons. The van der Waals surface area contributed by atoms with E-state index in [2.05, 4.69) is 44.4 Å². The summed E-state index contributed by atoms with van der Waals surface area (Å²) >= 11 is 2.19. The summed E-state index contributed by atoms with van der Waals surface area (Å²) < 4.78 is 1.05. The molecule has 0 saturated heterocycles. The third-order valence-corrected chi connectivity index (χ3v) is 2.34. The molecule has 0 radical (unpaired) electrons. The van der Waals surface area contributed by atoms with Gasteiger partial charge in [0.25, 0.3) is 0 Å². The minimum Gasteiger partial charge on any atom is -0.340 e. The fraction of sp³-hybridized carbons (Fsp3) is 0.556. The SMILES string of the molecule is CCCN(CCN)c1ncc(I)cn1. The van der Waals surface area contributed by atoms with E-state index in [9.17, 15) is 0 Å². The zero-order chi connectivity index (χ0) is 10.4. The van der Waals surface area contributed by atoms with Crippen molar-refractivity contribution in [2.75, 3.05) is 24.5 Å². The van der Waals surface area contributed by atoms with Crippen molar-refractivity contribution in [1.29, 1.82) is 0 Å². The van der Waals surface area contributed by atoms with Crippen LogP contribution in [-0.4, -0.2) is 29.6 Å². The lowest BCUT2D eigenvalue weighted by Crippen LogP contribution is -2.31. The number of nitrogens with zero attached hydrogens (tertiary/aromatic N) is 3. The van der Waals surface area contributed by atoms with Crippen LogP contribution >= 0.6 is 22.6 Å². The maximum Gasteiger partial charge on any atom is 0.225 e. The first-order chi connectivity index (χ1) is 6.77. The molecule has 0 unspecified atom stereocenters. The summed E-state index contributed by atoms with van der Waals surface area (Å²) in [6.45, 7) is 4.54. The Morgan fingerprint density at radius 3 is 2.50 bits per heavy atom. The predicted molar refractivity (Wildman–Crippen MR) is 66.3 cm³/mol. The first kappa shape index (κ1) is 11.6. The molecule has 1 rings (SSSR count). The Hall–Kier alpha value is -0.430. The molecule has 1 aromatic heterocycles. The zero-order valence-corrected chi connectivity index (χ0v) is 10.4. The quantitative estimate of drug-likeness (QED) is 0.832. The van der Waals surface area contributed by atoms with Crippen LogP contribution in [0.1, 0.15) is 13.3 Å². The Bertz CT molecular complexity index is 256. The molecular formula is C9H15IN4. The number of anilines is 1. The highest BCUT2D eigenvalue weighted by atomic mass is 127. The van der Waals surface area contributed by atoms with Crippen LogP contribution in [0.4, 0.5) is 5.95 Å². The van der Waals surface area contributed by atoms with Gasteiger partial charge < -0.3 is 10.6 Å². The molecule has 2 N–H and O–H groups in total. The number of rotatable bonds is 5. The van der Waals surface area contributed by atoms with Gasteiger partial charge in [-0.3, -0.25) is 0 Å². The molecule has 4 nitrogen and oxygen atoms in total. The number of nitrogens with two attached hydrogens (primary N) is 1. The van der Waals surface area contributed by atoms with Crippen LogP contribution in [0, 0.1) is 3.57 Å². The van der Waals surface area contributed by atoms with Gasteiger partial charge in [-0.2, -0.15) is 0 Å². The smallest absolute Gasteiger partial charge is 0.225 e. The Balaban J connectivity index is 2.71. The Labute approximate surface area is 98.1 Å². The highest BCUT2D eigenvalue weighted by Gasteiger charge is 2.06. The molecule has 0 atom stereocenters. The lowest BCUT2D eigenvalue weighted by molar-refractivity contribution is 0.736. The zero-order valence-electron chi connectivity index (χ0n) is 8.28. The number of aromatic nitrogens is 2. The number of halogens is 1. The second kappa shape index (κ2) is 6.13. The van der Waals surface area contributed by atoms with E-state index in [0.29, 0.717) is 6.54 Å². The Kier molecular flexibility index (Phi) is 5.10. The summed E-state index contributed by atoms with van der Waals surface area (Å²) in [6, 6.07) is 0. The second-order valence-electron chi connectivity index (χ2n) is 2.98. The molecule has 5 heteroatoms. The van der Waals surface area contributed by atoms with E-state index in [0.717, 1.165) is 29.0 Å². The maximum absolute atomic E-state index is 5.53. The Morgan fingerprint density at radius 1 is 1.36 bits per heavy atom. The van der Waals surface area contributed by atoms with E-state index < -0.39 is 0 Å².